The monoisotopic (exact) mass is 289 g/mol. The van der Waals surface area contributed by atoms with Crippen molar-refractivity contribution in [2.45, 2.75) is 6.85 Å². The molecule has 2 heterocycles. The van der Waals surface area contributed by atoms with E-state index < -0.39 is 6.85 Å². The lowest BCUT2D eigenvalue weighted by molar-refractivity contribution is 0.998. The molecular formula is C18H14N4. The van der Waals surface area contributed by atoms with Crippen molar-refractivity contribution in [2.24, 2.45) is 0 Å². The van der Waals surface area contributed by atoms with Crippen LogP contribution in [0.5, 0.6) is 0 Å². The molecule has 2 aromatic heterocycles. The number of fused-ring (bicyclic) bond motifs is 1. The van der Waals surface area contributed by atoms with Crippen LogP contribution in [0.25, 0.3) is 28.1 Å². The molecule has 0 saturated carbocycles. The first-order chi connectivity index (χ1) is 12.1. The first-order valence-corrected chi connectivity index (χ1v) is 6.89. The lowest BCUT2D eigenvalue weighted by Crippen LogP contribution is -2.02. The third-order valence-corrected chi connectivity index (χ3v) is 3.53. The first-order valence-electron chi connectivity index (χ1n) is 8.39. The van der Waals surface area contributed by atoms with Crippen molar-refractivity contribution < 1.29 is 4.11 Å². The van der Waals surface area contributed by atoms with Crippen LogP contribution in [0, 0.1) is 6.85 Å². The summed E-state index contributed by atoms with van der Waals surface area (Å²) in [7, 11) is 0. The van der Waals surface area contributed by atoms with Gasteiger partial charge in [-0.25, -0.2) is 15.0 Å². The number of hydrogen-bond acceptors (Lipinski definition) is 3. The van der Waals surface area contributed by atoms with Crippen LogP contribution in [0.1, 0.15) is 9.81 Å². The molecule has 106 valence electrons. The predicted octanol–water partition coefficient (Wildman–Crippen LogP) is 3.79. The highest BCUT2D eigenvalue weighted by Crippen LogP contribution is 2.28. The van der Waals surface area contributed by atoms with Crippen molar-refractivity contribution in [3.05, 3.63) is 72.8 Å². The van der Waals surface area contributed by atoms with E-state index >= 15 is 0 Å². The van der Waals surface area contributed by atoms with Gasteiger partial charge in [-0.3, -0.25) is 4.57 Å². The van der Waals surface area contributed by atoms with Crippen LogP contribution in [-0.2, 0) is 0 Å². The molecule has 4 heteroatoms. The summed E-state index contributed by atoms with van der Waals surface area (Å²) in [6, 6.07) is 17.3. The molecule has 2 aromatic carbocycles. The Labute approximate surface area is 132 Å². The summed E-state index contributed by atoms with van der Waals surface area (Å²) in [5.74, 6) is 0.655. The molecule has 0 bridgehead atoms. The van der Waals surface area contributed by atoms with Gasteiger partial charge in [-0.15, -0.1) is 0 Å². The molecule has 0 N–H and O–H groups in total. The van der Waals surface area contributed by atoms with Gasteiger partial charge < -0.3 is 0 Å². The third-order valence-electron chi connectivity index (χ3n) is 3.53. The van der Waals surface area contributed by atoms with Crippen LogP contribution in [0.2, 0.25) is 0 Å². The van der Waals surface area contributed by atoms with Gasteiger partial charge in [0.2, 0.25) is 0 Å². The molecule has 4 aromatic rings. The highest BCUT2D eigenvalue weighted by Gasteiger charge is 2.15. The van der Waals surface area contributed by atoms with Gasteiger partial charge in [0.15, 0.2) is 0 Å². The number of nitrogens with zero attached hydrogens (tertiary/aromatic N) is 4. The fourth-order valence-electron chi connectivity index (χ4n) is 2.54. The standard InChI is InChI=1S/C18H14N4/c1-13-17(11-19-12-20-13)22-16-10-6-5-9-15(16)21-18(22)14-7-3-2-4-8-14/h2-12H,1H3/i1D3. The molecule has 0 spiro atoms. The fourth-order valence-corrected chi connectivity index (χ4v) is 2.54. The van der Waals surface area contributed by atoms with E-state index in [1.807, 2.05) is 59.2 Å². The van der Waals surface area contributed by atoms with E-state index in [0.717, 1.165) is 16.6 Å². The maximum Gasteiger partial charge on any atom is 0.145 e. The molecule has 0 atom stereocenters. The molecule has 0 aliphatic heterocycles. The van der Waals surface area contributed by atoms with Crippen molar-refractivity contribution in [1.29, 1.82) is 0 Å². The molecule has 4 nitrogen and oxygen atoms in total. The van der Waals surface area contributed by atoms with Gasteiger partial charge in [-0.05, 0) is 19.0 Å². The summed E-state index contributed by atoms with van der Waals surface area (Å²) in [5, 5.41) is 0. The van der Waals surface area contributed by atoms with Crippen molar-refractivity contribution in [3.63, 3.8) is 0 Å². The van der Waals surface area contributed by atoms with Crippen molar-refractivity contribution in [1.82, 2.24) is 19.5 Å². The quantitative estimate of drug-likeness (QED) is 0.564. The molecule has 22 heavy (non-hydrogen) atoms. The second-order valence-electron chi connectivity index (χ2n) is 4.88. The Kier molecular flexibility index (Phi) is 2.27. The zero-order valence-electron chi connectivity index (χ0n) is 14.6. The van der Waals surface area contributed by atoms with E-state index in [2.05, 4.69) is 9.97 Å². The summed E-state index contributed by atoms with van der Waals surface area (Å²) in [6.07, 6.45) is 2.78. The topological polar surface area (TPSA) is 43.6 Å². The average Bonchev–Trinajstić information content (AvgIpc) is 3.01. The van der Waals surface area contributed by atoms with Gasteiger partial charge in [-0.2, -0.15) is 0 Å². The van der Waals surface area contributed by atoms with Crippen LogP contribution >= 0.6 is 0 Å². The van der Waals surface area contributed by atoms with Crippen molar-refractivity contribution in [3.8, 4) is 17.1 Å². The largest absolute Gasteiger partial charge is 0.289 e. The number of aryl methyl sites for hydroxylation is 1. The van der Waals surface area contributed by atoms with E-state index in [9.17, 15) is 0 Å². The van der Waals surface area contributed by atoms with Crippen LogP contribution in [0.15, 0.2) is 67.1 Å². The summed E-state index contributed by atoms with van der Waals surface area (Å²) >= 11 is 0. The van der Waals surface area contributed by atoms with E-state index in [-0.39, 0.29) is 5.69 Å². The Morgan fingerprint density at radius 2 is 1.82 bits per heavy atom. The van der Waals surface area contributed by atoms with E-state index in [1.165, 1.54) is 12.5 Å². The number of para-hydroxylation sites is 2. The van der Waals surface area contributed by atoms with Gasteiger partial charge in [0.25, 0.3) is 0 Å². The highest BCUT2D eigenvalue weighted by molar-refractivity contribution is 5.83. The zero-order chi connectivity index (χ0) is 17.4. The van der Waals surface area contributed by atoms with Crippen molar-refractivity contribution in [2.75, 3.05) is 0 Å². The zero-order valence-corrected chi connectivity index (χ0v) is 11.6. The number of hydrogen-bond donors (Lipinski definition) is 0. The minimum Gasteiger partial charge on any atom is -0.289 e. The minimum atomic E-state index is -2.35. The number of aromatic nitrogens is 4. The lowest BCUT2D eigenvalue weighted by Gasteiger charge is -2.10. The third kappa shape index (κ3) is 1.97. The number of imidazole rings is 1. The van der Waals surface area contributed by atoms with E-state index in [1.54, 1.807) is 0 Å². The predicted molar refractivity (Wildman–Crippen MR) is 86.8 cm³/mol. The molecule has 0 fully saturated rings. The Morgan fingerprint density at radius 3 is 2.68 bits per heavy atom. The second kappa shape index (κ2) is 5.07. The SMILES string of the molecule is [2H]C([2H])([2H])c1ncncc1-n1c(-c2ccccc2)nc2ccccc21. The maximum atomic E-state index is 7.81. The molecule has 0 aliphatic rings. The summed E-state index contributed by atoms with van der Waals surface area (Å²) in [5.41, 5.74) is 2.89. The summed E-state index contributed by atoms with van der Waals surface area (Å²) in [6.45, 7) is -2.35. The first kappa shape index (κ1) is 9.84. The fraction of sp³-hybridized carbons (Fsp3) is 0.0556. The smallest absolute Gasteiger partial charge is 0.145 e. The molecule has 0 saturated heterocycles. The van der Waals surface area contributed by atoms with Crippen molar-refractivity contribution >= 4 is 11.0 Å². The molecule has 0 aliphatic carbocycles. The Bertz CT molecular complexity index is 1040. The Morgan fingerprint density at radius 1 is 1.00 bits per heavy atom. The molecule has 0 unspecified atom stereocenters. The van der Waals surface area contributed by atoms with E-state index in [0.29, 0.717) is 11.5 Å². The highest BCUT2D eigenvalue weighted by atomic mass is 15.1. The number of rotatable bonds is 2. The van der Waals surface area contributed by atoms with Crippen LogP contribution in [-0.4, -0.2) is 19.5 Å². The molecular weight excluding hydrogens is 272 g/mol. The molecule has 0 amide bonds. The number of benzene rings is 2. The van der Waals surface area contributed by atoms with Gasteiger partial charge in [0, 0.05) is 9.68 Å². The Hall–Kier alpha value is -3.01. The molecule has 0 radical (unpaired) electrons. The maximum absolute atomic E-state index is 7.81. The van der Waals surface area contributed by atoms with Gasteiger partial charge in [0.1, 0.15) is 12.2 Å². The summed E-state index contributed by atoms with van der Waals surface area (Å²) in [4.78, 5) is 12.8. The lowest BCUT2D eigenvalue weighted by atomic mass is 10.2. The van der Waals surface area contributed by atoms with Gasteiger partial charge in [0.05, 0.1) is 28.6 Å². The minimum absolute atomic E-state index is 0.00262. The second-order valence-corrected chi connectivity index (χ2v) is 4.88. The average molecular weight is 289 g/mol. The normalized spacial score (nSPS) is 13.5. The molecule has 4 rings (SSSR count). The van der Waals surface area contributed by atoms with Crippen LogP contribution < -0.4 is 0 Å². The van der Waals surface area contributed by atoms with E-state index in [4.69, 9.17) is 9.10 Å². The van der Waals surface area contributed by atoms with Crippen LogP contribution in [0.4, 0.5) is 0 Å². The Balaban J connectivity index is 2.09. The summed E-state index contributed by atoms with van der Waals surface area (Å²) < 4.78 is 25.2. The van der Waals surface area contributed by atoms with Gasteiger partial charge >= 0.3 is 0 Å². The van der Waals surface area contributed by atoms with Gasteiger partial charge in [-0.1, -0.05) is 42.5 Å². The van der Waals surface area contributed by atoms with Crippen LogP contribution in [0.3, 0.4) is 0 Å².